The third-order valence-electron chi connectivity index (χ3n) is 2.61. The van der Waals surface area contributed by atoms with Gasteiger partial charge in [0.05, 0.1) is 24.2 Å². The molecule has 5 nitrogen and oxygen atoms in total. The van der Waals surface area contributed by atoms with Crippen LogP contribution in [0.3, 0.4) is 0 Å². The number of carbonyl (C=O) groups excluding carboxylic acids is 2. The van der Waals surface area contributed by atoms with Gasteiger partial charge in [0.1, 0.15) is 5.60 Å². The average molecular weight is 298 g/mol. The van der Waals surface area contributed by atoms with Crippen LogP contribution in [-0.2, 0) is 20.9 Å². The SMILES string of the molecule is Cc1ncsc1CN(C)C(=O)CCC(=O)OC(C)(C)C. The summed E-state index contributed by atoms with van der Waals surface area (Å²) >= 11 is 1.53. The van der Waals surface area contributed by atoms with E-state index in [1.54, 1.807) is 17.5 Å². The fraction of sp³-hybridized carbons (Fsp3) is 0.643. The van der Waals surface area contributed by atoms with Gasteiger partial charge in [0.15, 0.2) is 0 Å². The molecular weight excluding hydrogens is 276 g/mol. The van der Waals surface area contributed by atoms with Crippen molar-refractivity contribution in [3.63, 3.8) is 0 Å². The molecule has 0 aliphatic carbocycles. The highest BCUT2D eigenvalue weighted by molar-refractivity contribution is 7.09. The van der Waals surface area contributed by atoms with E-state index in [4.69, 9.17) is 4.74 Å². The Kier molecular flexibility index (Phi) is 5.68. The summed E-state index contributed by atoms with van der Waals surface area (Å²) < 4.78 is 5.18. The largest absolute Gasteiger partial charge is 0.460 e. The molecule has 0 atom stereocenters. The van der Waals surface area contributed by atoms with Crippen LogP contribution in [-0.4, -0.2) is 34.4 Å². The molecule has 0 unspecified atom stereocenters. The van der Waals surface area contributed by atoms with Gasteiger partial charge in [-0.3, -0.25) is 9.59 Å². The molecule has 0 spiro atoms. The molecule has 0 aliphatic heterocycles. The summed E-state index contributed by atoms with van der Waals surface area (Å²) in [6, 6.07) is 0. The molecule has 1 aromatic heterocycles. The zero-order valence-corrected chi connectivity index (χ0v) is 13.5. The Bertz CT molecular complexity index is 477. The van der Waals surface area contributed by atoms with Gasteiger partial charge in [-0.05, 0) is 27.7 Å². The number of rotatable bonds is 5. The molecule has 20 heavy (non-hydrogen) atoms. The van der Waals surface area contributed by atoms with Crippen molar-refractivity contribution in [3.05, 3.63) is 16.1 Å². The molecule has 0 aliphatic rings. The van der Waals surface area contributed by atoms with Crippen molar-refractivity contribution >= 4 is 23.2 Å². The van der Waals surface area contributed by atoms with Crippen molar-refractivity contribution < 1.29 is 14.3 Å². The lowest BCUT2D eigenvalue weighted by molar-refractivity contribution is -0.156. The molecule has 6 heteroatoms. The Hall–Kier alpha value is -1.43. The summed E-state index contributed by atoms with van der Waals surface area (Å²) in [5, 5.41) is 0. The maximum Gasteiger partial charge on any atom is 0.306 e. The molecule has 0 radical (unpaired) electrons. The summed E-state index contributed by atoms with van der Waals surface area (Å²) in [6.45, 7) is 7.89. The van der Waals surface area contributed by atoms with E-state index in [0.717, 1.165) is 10.6 Å². The number of hydrogen-bond donors (Lipinski definition) is 0. The summed E-state index contributed by atoms with van der Waals surface area (Å²) in [5.74, 6) is -0.406. The molecule has 112 valence electrons. The molecule has 0 saturated heterocycles. The van der Waals surface area contributed by atoms with Crippen LogP contribution >= 0.6 is 11.3 Å². The van der Waals surface area contributed by atoms with Gasteiger partial charge >= 0.3 is 5.97 Å². The Morgan fingerprint density at radius 2 is 2.00 bits per heavy atom. The van der Waals surface area contributed by atoms with Gasteiger partial charge in [0, 0.05) is 18.3 Å². The van der Waals surface area contributed by atoms with Crippen LogP contribution in [0.4, 0.5) is 0 Å². The summed E-state index contributed by atoms with van der Waals surface area (Å²) in [7, 11) is 1.73. The Balaban J connectivity index is 2.39. The van der Waals surface area contributed by atoms with Crippen LogP contribution in [0.2, 0.25) is 0 Å². The second-order valence-corrected chi connectivity index (χ2v) is 6.64. The molecule has 1 aromatic rings. The van der Waals surface area contributed by atoms with Crippen molar-refractivity contribution in [3.8, 4) is 0 Å². The predicted octanol–water partition coefficient (Wildman–Crippen LogP) is 2.53. The van der Waals surface area contributed by atoms with Crippen LogP contribution in [0.1, 0.15) is 44.2 Å². The van der Waals surface area contributed by atoms with E-state index in [-0.39, 0.29) is 24.7 Å². The second-order valence-electron chi connectivity index (χ2n) is 5.70. The van der Waals surface area contributed by atoms with Crippen LogP contribution in [0.5, 0.6) is 0 Å². The predicted molar refractivity (Wildman–Crippen MR) is 78.4 cm³/mol. The highest BCUT2D eigenvalue weighted by atomic mass is 32.1. The molecule has 0 saturated carbocycles. The Morgan fingerprint density at radius 1 is 1.35 bits per heavy atom. The number of thiazole rings is 1. The van der Waals surface area contributed by atoms with Gasteiger partial charge in [0.2, 0.25) is 5.91 Å². The lowest BCUT2D eigenvalue weighted by Crippen LogP contribution is -2.28. The molecule has 0 fully saturated rings. The van der Waals surface area contributed by atoms with Crippen LogP contribution in [0.15, 0.2) is 5.51 Å². The minimum atomic E-state index is -0.508. The lowest BCUT2D eigenvalue weighted by atomic mass is 10.2. The van der Waals surface area contributed by atoms with Crippen LogP contribution < -0.4 is 0 Å². The van der Waals surface area contributed by atoms with E-state index < -0.39 is 5.60 Å². The van der Waals surface area contributed by atoms with Gasteiger partial charge in [-0.25, -0.2) is 4.98 Å². The van der Waals surface area contributed by atoms with Gasteiger partial charge in [-0.1, -0.05) is 0 Å². The highest BCUT2D eigenvalue weighted by Crippen LogP contribution is 2.15. The number of aryl methyl sites for hydroxylation is 1. The van der Waals surface area contributed by atoms with E-state index in [0.29, 0.717) is 6.54 Å². The molecule has 0 bridgehead atoms. The van der Waals surface area contributed by atoms with Crippen LogP contribution in [0.25, 0.3) is 0 Å². The van der Waals surface area contributed by atoms with Gasteiger partial charge in [-0.2, -0.15) is 0 Å². The van der Waals surface area contributed by atoms with Crippen molar-refractivity contribution in [2.45, 2.75) is 52.7 Å². The van der Waals surface area contributed by atoms with Gasteiger partial charge < -0.3 is 9.64 Å². The normalized spacial score (nSPS) is 11.2. The van der Waals surface area contributed by atoms with Crippen molar-refractivity contribution in [1.29, 1.82) is 0 Å². The zero-order valence-electron chi connectivity index (χ0n) is 12.7. The van der Waals surface area contributed by atoms with E-state index >= 15 is 0 Å². The maximum absolute atomic E-state index is 12.0. The summed E-state index contributed by atoms with van der Waals surface area (Å²) in [6.07, 6.45) is 0.283. The number of carbonyl (C=O) groups is 2. The number of esters is 1. The number of hydrogen-bond acceptors (Lipinski definition) is 5. The molecule has 0 N–H and O–H groups in total. The lowest BCUT2D eigenvalue weighted by Gasteiger charge is -2.20. The first kappa shape index (κ1) is 16.6. The van der Waals surface area contributed by atoms with Gasteiger partial charge in [-0.15, -0.1) is 11.3 Å². The van der Waals surface area contributed by atoms with Crippen molar-refractivity contribution in [2.75, 3.05) is 7.05 Å². The molecule has 1 amide bonds. The molecule has 1 rings (SSSR count). The number of ether oxygens (including phenoxy) is 1. The Labute approximate surface area is 124 Å². The summed E-state index contributed by atoms with van der Waals surface area (Å²) in [5.41, 5.74) is 2.21. The monoisotopic (exact) mass is 298 g/mol. The van der Waals surface area contributed by atoms with Crippen molar-refractivity contribution in [1.82, 2.24) is 9.88 Å². The van der Waals surface area contributed by atoms with Crippen molar-refractivity contribution in [2.24, 2.45) is 0 Å². The minimum Gasteiger partial charge on any atom is -0.460 e. The zero-order chi connectivity index (χ0) is 15.3. The Morgan fingerprint density at radius 3 is 2.50 bits per heavy atom. The van der Waals surface area contributed by atoms with Gasteiger partial charge in [0.25, 0.3) is 0 Å². The number of amides is 1. The minimum absolute atomic E-state index is 0.0661. The van der Waals surface area contributed by atoms with E-state index in [1.807, 2.05) is 27.7 Å². The quantitative estimate of drug-likeness (QED) is 0.784. The molecule has 1 heterocycles. The topological polar surface area (TPSA) is 59.5 Å². The third-order valence-corrected chi connectivity index (χ3v) is 3.53. The molecular formula is C14H22N2O3S. The number of aromatic nitrogens is 1. The average Bonchev–Trinajstić information content (AvgIpc) is 2.69. The smallest absolute Gasteiger partial charge is 0.306 e. The maximum atomic E-state index is 12.0. The first-order valence-corrected chi connectivity index (χ1v) is 7.42. The van der Waals surface area contributed by atoms with E-state index in [9.17, 15) is 9.59 Å². The fourth-order valence-corrected chi connectivity index (χ4v) is 2.40. The number of nitrogens with zero attached hydrogens (tertiary/aromatic N) is 2. The first-order chi connectivity index (χ1) is 9.19. The standard InChI is InChI=1S/C14H22N2O3S/c1-10-11(20-9-15-10)8-16(5)12(17)6-7-13(18)19-14(2,3)4/h9H,6-8H2,1-5H3. The van der Waals surface area contributed by atoms with E-state index in [2.05, 4.69) is 4.98 Å². The highest BCUT2D eigenvalue weighted by Gasteiger charge is 2.18. The summed E-state index contributed by atoms with van der Waals surface area (Å²) in [4.78, 5) is 30.3. The third kappa shape index (κ3) is 5.69. The first-order valence-electron chi connectivity index (χ1n) is 6.54. The van der Waals surface area contributed by atoms with E-state index in [1.165, 1.54) is 11.3 Å². The fourth-order valence-electron chi connectivity index (χ4n) is 1.57. The van der Waals surface area contributed by atoms with Crippen LogP contribution in [0, 0.1) is 6.92 Å². The second kappa shape index (κ2) is 6.83. The molecule has 0 aromatic carbocycles.